The van der Waals surface area contributed by atoms with Crippen molar-refractivity contribution < 1.29 is 19.6 Å². The second kappa shape index (κ2) is 6.09. The molecule has 0 atom stereocenters. The molecule has 1 amide bonds. The molecule has 1 heterocycles. The van der Waals surface area contributed by atoms with Crippen molar-refractivity contribution in [1.29, 1.82) is 0 Å². The lowest BCUT2D eigenvalue weighted by Crippen LogP contribution is -2.40. The Morgan fingerprint density at radius 3 is 2.43 bits per heavy atom. The fraction of sp³-hybridized carbons (Fsp3) is 0.385. The zero-order chi connectivity index (χ0) is 15.6. The van der Waals surface area contributed by atoms with E-state index in [2.05, 4.69) is 0 Å². The first-order chi connectivity index (χ1) is 9.90. The lowest BCUT2D eigenvalue weighted by atomic mass is 9.96. The Morgan fingerprint density at radius 1 is 1.33 bits per heavy atom. The third-order valence-electron chi connectivity index (χ3n) is 3.53. The van der Waals surface area contributed by atoms with Crippen LogP contribution in [0.25, 0.3) is 0 Å². The number of halogens is 1. The van der Waals surface area contributed by atoms with Crippen LogP contribution in [-0.2, 0) is 4.79 Å². The van der Waals surface area contributed by atoms with Crippen LogP contribution >= 0.6 is 11.6 Å². The number of carbonyl (C=O) groups excluding carboxylic acids is 1. The van der Waals surface area contributed by atoms with Crippen molar-refractivity contribution in [3.63, 3.8) is 0 Å². The van der Waals surface area contributed by atoms with Gasteiger partial charge in [0.2, 0.25) is 0 Å². The summed E-state index contributed by atoms with van der Waals surface area (Å²) in [5, 5.41) is 19.6. The Bertz CT molecular complexity index is 596. The van der Waals surface area contributed by atoms with Crippen molar-refractivity contribution in [1.82, 2.24) is 4.90 Å². The van der Waals surface area contributed by atoms with Crippen LogP contribution in [0.5, 0.6) is 0 Å². The number of nitro groups is 1. The zero-order valence-corrected chi connectivity index (χ0v) is 11.7. The lowest BCUT2D eigenvalue weighted by Gasteiger charge is -2.30. The largest absolute Gasteiger partial charge is 0.481 e. The summed E-state index contributed by atoms with van der Waals surface area (Å²) in [6, 6.07) is 3.69. The van der Waals surface area contributed by atoms with Gasteiger partial charge >= 0.3 is 5.97 Å². The van der Waals surface area contributed by atoms with Gasteiger partial charge in [0.15, 0.2) is 0 Å². The average molecular weight is 313 g/mol. The number of non-ortho nitro benzene ring substituents is 1. The number of carboxylic acid groups (broad SMARTS) is 1. The maximum absolute atomic E-state index is 12.3. The first kappa shape index (κ1) is 15.2. The topological polar surface area (TPSA) is 101 Å². The molecule has 1 aromatic carbocycles. The molecule has 1 aromatic rings. The number of piperidine rings is 1. The summed E-state index contributed by atoms with van der Waals surface area (Å²) in [5.74, 6) is -1.62. The van der Waals surface area contributed by atoms with Crippen molar-refractivity contribution in [2.24, 2.45) is 5.92 Å². The third-order valence-corrected chi connectivity index (χ3v) is 3.84. The number of nitro benzene ring substituents is 1. The van der Waals surface area contributed by atoms with Gasteiger partial charge < -0.3 is 10.0 Å². The van der Waals surface area contributed by atoms with Gasteiger partial charge in [-0.3, -0.25) is 19.7 Å². The molecule has 1 fully saturated rings. The van der Waals surface area contributed by atoms with E-state index in [0.29, 0.717) is 25.9 Å². The number of carboxylic acids is 1. The van der Waals surface area contributed by atoms with Crippen LogP contribution in [-0.4, -0.2) is 39.9 Å². The van der Waals surface area contributed by atoms with Crippen LogP contribution in [0.2, 0.25) is 5.02 Å². The number of hydrogen-bond acceptors (Lipinski definition) is 4. The summed E-state index contributed by atoms with van der Waals surface area (Å²) < 4.78 is 0. The number of likely N-dealkylation sites (tertiary alicyclic amines) is 1. The molecule has 0 saturated carbocycles. The van der Waals surface area contributed by atoms with E-state index < -0.39 is 16.8 Å². The molecular formula is C13H13ClN2O5. The molecule has 0 spiro atoms. The maximum atomic E-state index is 12.3. The highest BCUT2D eigenvalue weighted by molar-refractivity contribution is 6.34. The Kier molecular flexibility index (Phi) is 4.42. The SMILES string of the molecule is O=C(O)C1CCN(C(=O)c2ccc([N+](=O)[O-])cc2Cl)CC1. The Balaban J connectivity index is 2.11. The summed E-state index contributed by atoms with van der Waals surface area (Å²) in [7, 11) is 0. The molecule has 21 heavy (non-hydrogen) atoms. The molecule has 1 N–H and O–H groups in total. The first-order valence-electron chi connectivity index (χ1n) is 6.36. The fourth-order valence-electron chi connectivity index (χ4n) is 2.29. The minimum Gasteiger partial charge on any atom is -0.481 e. The highest BCUT2D eigenvalue weighted by Gasteiger charge is 2.28. The monoisotopic (exact) mass is 312 g/mol. The van der Waals surface area contributed by atoms with Crippen LogP contribution in [0, 0.1) is 16.0 Å². The second-order valence-electron chi connectivity index (χ2n) is 4.83. The van der Waals surface area contributed by atoms with Crippen molar-refractivity contribution in [3.05, 3.63) is 38.9 Å². The summed E-state index contributed by atoms with van der Waals surface area (Å²) in [4.78, 5) is 34.7. The molecule has 0 aliphatic carbocycles. The Hall–Kier alpha value is -2.15. The van der Waals surface area contributed by atoms with Crippen LogP contribution < -0.4 is 0 Å². The second-order valence-corrected chi connectivity index (χ2v) is 5.23. The van der Waals surface area contributed by atoms with E-state index in [1.807, 2.05) is 0 Å². The van der Waals surface area contributed by atoms with E-state index in [1.165, 1.54) is 17.0 Å². The number of hydrogen-bond donors (Lipinski definition) is 1. The van der Waals surface area contributed by atoms with Gasteiger partial charge in [-0.2, -0.15) is 0 Å². The summed E-state index contributed by atoms with van der Waals surface area (Å²) in [5.41, 5.74) is 0.0113. The van der Waals surface area contributed by atoms with Crippen LogP contribution in [0.3, 0.4) is 0 Å². The Labute approximate surface area is 125 Å². The zero-order valence-electron chi connectivity index (χ0n) is 11.0. The normalized spacial score (nSPS) is 15.8. The van der Waals surface area contributed by atoms with Gasteiger partial charge in [0, 0.05) is 25.2 Å². The number of benzene rings is 1. The van der Waals surface area contributed by atoms with Gasteiger partial charge in [-0.05, 0) is 18.9 Å². The maximum Gasteiger partial charge on any atom is 0.306 e. The minimum atomic E-state index is -0.851. The van der Waals surface area contributed by atoms with E-state index in [4.69, 9.17) is 16.7 Å². The number of rotatable bonds is 3. The highest BCUT2D eigenvalue weighted by atomic mass is 35.5. The number of amides is 1. The molecule has 0 aromatic heterocycles. The molecule has 0 unspecified atom stereocenters. The molecule has 2 rings (SSSR count). The van der Waals surface area contributed by atoms with Crippen molar-refractivity contribution in [2.45, 2.75) is 12.8 Å². The van der Waals surface area contributed by atoms with Crippen LogP contribution in [0.1, 0.15) is 23.2 Å². The number of carbonyl (C=O) groups is 2. The van der Waals surface area contributed by atoms with Crippen LogP contribution in [0.4, 0.5) is 5.69 Å². The van der Waals surface area contributed by atoms with Crippen molar-refractivity contribution in [3.8, 4) is 0 Å². The summed E-state index contributed by atoms with van der Waals surface area (Å²) in [6.07, 6.45) is 0.789. The minimum absolute atomic E-state index is 0.0227. The first-order valence-corrected chi connectivity index (χ1v) is 6.74. The van der Waals surface area contributed by atoms with Gasteiger partial charge in [-0.25, -0.2) is 0 Å². The molecule has 0 radical (unpaired) electrons. The molecule has 1 saturated heterocycles. The number of aliphatic carboxylic acids is 1. The van der Waals surface area contributed by atoms with Crippen molar-refractivity contribution in [2.75, 3.05) is 13.1 Å². The smallest absolute Gasteiger partial charge is 0.306 e. The molecule has 1 aliphatic heterocycles. The Morgan fingerprint density at radius 2 is 1.95 bits per heavy atom. The van der Waals surface area contributed by atoms with Gasteiger partial charge in [0.05, 0.1) is 21.4 Å². The van der Waals surface area contributed by atoms with Gasteiger partial charge in [0.25, 0.3) is 11.6 Å². The van der Waals surface area contributed by atoms with E-state index in [-0.39, 0.29) is 22.2 Å². The van der Waals surface area contributed by atoms with Gasteiger partial charge in [-0.15, -0.1) is 0 Å². The molecule has 112 valence electrons. The third kappa shape index (κ3) is 3.30. The molecule has 8 heteroatoms. The van der Waals surface area contributed by atoms with E-state index >= 15 is 0 Å². The summed E-state index contributed by atoms with van der Waals surface area (Å²) in [6.45, 7) is 0.673. The molecular weight excluding hydrogens is 300 g/mol. The highest BCUT2D eigenvalue weighted by Crippen LogP contribution is 2.25. The van der Waals surface area contributed by atoms with Gasteiger partial charge in [-0.1, -0.05) is 11.6 Å². The van der Waals surface area contributed by atoms with Gasteiger partial charge in [0.1, 0.15) is 0 Å². The standard InChI is InChI=1S/C13H13ClN2O5/c14-11-7-9(16(20)21)1-2-10(11)12(17)15-5-3-8(4-6-15)13(18)19/h1-2,7-8H,3-6H2,(H,18,19). The average Bonchev–Trinajstić information content (AvgIpc) is 2.46. The summed E-state index contributed by atoms with van der Waals surface area (Å²) >= 11 is 5.92. The fourth-order valence-corrected chi connectivity index (χ4v) is 2.55. The van der Waals surface area contributed by atoms with E-state index in [1.54, 1.807) is 0 Å². The van der Waals surface area contributed by atoms with E-state index in [9.17, 15) is 19.7 Å². The van der Waals surface area contributed by atoms with E-state index in [0.717, 1.165) is 6.07 Å². The predicted molar refractivity (Wildman–Crippen MR) is 74.4 cm³/mol. The predicted octanol–water partition coefficient (Wildman–Crippen LogP) is 2.19. The molecule has 1 aliphatic rings. The van der Waals surface area contributed by atoms with Crippen molar-refractivity contribution >= 4 is 29.2 Å². The molecule has 0 bridgehead atoms. The number of nitrogens with zero attached hydrogens (tertiary/aromatic N) is 2. The lowest BCUT2D eigenvalue weighted by molar-refractivity contribution is -0.384. The molecule has 7 nitrogen and oxygen atoms in total. The quantitative estimate of drug-likeness (QED) is 0.681. The van der Waals surface area contributed by atoms with Crippen LogP contribution in [0.15, 0.2) is 18.2 Å².